The molecule has 2 N–H and O–H groups in total. The summed E-state index contributed by atoms with van der Waals surface area (Å²) in [6.07, 6.45) is -2.47. The van der Waals surface area contributed by atoms with E-state index in [1.165, 1.54) is 30.5 Å². The average Bonchev–Trinajstić information content (AvgIpc) is 3.16. The van der Waals surface area contributed by atoms with E-state index in [9.17, 15) is 23.1 Å². The van der Waals surface area contributed by atoms with Gasteiger partial charge in [-0.3, -0.25) is 4.98 Å². The Balaban J connectivity index is 1.64. The van der Waals surface area contributed by atoms with Gasteiger partial charge in [0.1, 0.15) is 5.82 Å². The van der Waals surface area contributed by atoms with Crippen LogP contribution in [0.1, 0.15) is 36.7 Å². The van der Waals surface area contributed by atoms with Crippen molar-refractivity contribution in [3.63, 3.8) is 0 Å². The first kappa shape index (κ1) is 26.0. The molecule has 0 atom stereocenters. The molecular weight excluding hydrogens is 541 g/mol. The number of aromatic carboxylic acids is 1. The summed E-state index contributed by atoms with van der Waals surface area (Å²) in [4.78, 5) is 16.5. The van der Waals surface area contributed by atoms with E-state index in [2.05, 4.69) is 19.2 Å². The highest BCUT2D eigenvalue weighted by molar-refractivity contribution is 8.00. The number of alkyl halides is 2. The topological polar surface area (TPSA) is 80.7 Å². The van der Waals surface area contributed by atoms with Gasteiger partial charge in [-0.25, -0.2) is 9.18 Å². The fourth-order valence-corrected chi connectivity index (χ4v) is 5.26. The third-order valence-corrected chi connectivity index (χ3v) is 7.11. The number of hydrogen-bond donors (Lipinski definition) is 2. The minimum atomic E-state index is -3.92. The summed E-state index contributed by atoms with van der Waals surface area (Å²) in [6.45, 7) is 5.71. The van der Waals surface area contributed by atoms with Gasteiger partial charge >= 0.3 is 12.3 Å². The molecule has 0 fully saturated rings. The van der Waals surface area contributed by atoms with Gasteiger partial charge in [0.05, 0.1) is 21.8 Å². The number of ether oxygens (including phenoxy) is 2. The molecule has 0 unspecified atom stereocenters. The quantitative estimate of drug-likeness (QED) is 0.238. The summed E-state index contributed by atoms with van der Waals surface area (Å²) in [6, 6.07) is 12.3. The zero-order valence-electron chi connectivity index (χ0n) is 20.2. The van der Waals surface area contributed by atoms with Gasteiger partial charge in [0, 0.05) is 28.1 Å². The Hall–Kier alpha value is -3.63. The SMILES string of the molecule is CC(C)(C)c1ccc(SNc2cc3c(c(Cl)c2-c2ccc(C(=O)O)c4ncccc24)OC(F)(F)O3)cc1F. The molecule has 4 aromatic rings. The third-order valence-electron chi connectivity index (χ3n) is 5.93. The molecule has 0 amide bonds. The van der Waals surface area contributed by atoms with E-state index in [0.29, 0.717) is 21.4 Å². The Morgan fingerprint density at radius 3 is 2.58 bits per heavy atom. The van der Waals surface area contributed by atoms with Gasteiger partial charge in [0.2, 0.25) is 0 Å². The fourth-order valence-electron chi connectivity index (χ4n) is 4.24. The number of carbonyl (C=O) groups is 1. The lowest BCUT2D eigenvalue weighted by atomic mass is 9.87. The van der Waals surface area contributed by atoms with E-state index in [1.807, 2.05) is 20.8 Å². The second-order valence-electron chi connectivity index (χ2n) is 9.57. The molecule has 5 rings (SSSR count). The van der Waals surface area contributed by atoms with Gasteiger partial charge in [-0.2, -0.15) is 0 Å². The van der Waals surface area contributed by atoms with Crippen LogP contribution in [0.25, 0.3) is 22.0 Å². The molecule has 0 bridgehead atoms. The van der Waals surface area contributed by atoms with Crippen molar-refractivity contribution in [2.75, 3.05) is 4.72 Å². The monoisotopic (exact) mass is 560 g/mol. The highest BCUT2D eigenvalue weighted by Crippen LogP contribution is 2.54. The molecule has 3 aromatic carbocycles. The molecule has 0 saturated carbocycles. The predicted octanol–water partition coefficient (Wildman–Crippen LogP) is 8.13. The third kappa shape index (κ3) is 4.69. The smallest absolute Gasteiger partial charge is 0.478 e. The van der Waals surface area contributed by atoms with Crippen LogP contribution in [0.4, 0.5) is 18.9 Å². The van der Waals surface area contributed by atoms with E-state index in [0.717, 1.165) is 11.9 Å². The lowest BCUT2D eigenvalue weighted by molar-refractivity contribution is -0.286. The van der Waals surface area contributed by atoms with Gasteiger partial charge in [-0.05, 0) is 52.8 Å². The highest BCUT2D eigenvalue weighted by atomic mass is 35.5. The number of nitrogens with zero attached hydrogens (tertiary/aromatic N) is 1. The van der Waals surface area contributed by atoms with Crippen LogP contribution in [0.3, 0.4) is 0 Å². The number of nitrogens with one attached hydrogen (secondary N) is 1. The summed E-state index contributed by atoms with van der Waals surface area (Å²) in [5.74, 6) is -2.20. The lowest BCUT2D eigenvalue weighted by Crippen LogP contribution is -2.26. The van der Waals surface area contributed by atoms with Crippen molar-refractivity contribution in [1.29, 1.82) is 0 Å². The minimum Gasteiger partial charge on any atom is -0.478 e. The van der Waals surface area contributed by atoms with Crippen molar-refractivity contribution in [3.05, 3.63) is 76.7 Å². The van der Waals surface area contributed by atoms with E-state index in [1.54, 1.807) is 24.3 Å². The Morgan fingerprint density at radius 2 is 1.89 bits per heavy atom. The van der Waals surface area contributed by atoms with Crippen LogP contribution in [0, 0.1) is 5.82 Å². The van der Waals surface area contributed by atoms with Crippen LogP contribution in [0.5, 0.6) is 11.5 Å². The van der Waals surface area contributed by atoms with Gasteiger partial charge in [0.15, 0.2) is 11.5 Å². The molecule has 11 heteroatoms. The van der Waals surface area contributed by atoms with E-state index in [4.69, 9.17) is 11.6 Å². The van der Waals surface area contributed by atoms with Gasteiger partial charge in [-0.15, -0.1) is 8.78 Å². The number of halogens is 4. The van der Waals surface area contributed by atoms with E-state index < -0.39 is 12.3 Å². The highest BCUT2D eigenvalue weighted by Gasteiger charge is 2.45. The molecule has 0 spiro atoms. The zero-order valence-corrected chi connectivity index (χ0v) is 21.8. The van der Waals surface area contributed by atoms with Crippen LogP contribution in [0.2, 0.25) is 5.02 Å². The van der Waals surface area contributed by atoms with Crippen molar-refractivity contribution in [1.82, 2.24) is 4.98 Å². The molecule has 6 nitrogen and oxygen atoms in total. The summed E-state index contributed by atoms with van der Waals surface area (Å²) >= 11 is 7.66. The number of rotatable bonds is 5. The number of carboxylic acids is 1. The first-order chi connectivity index (χ1) is 17.9. The fraction of sp³-hybridized carbons (Fsp3) is 0.185. The summed E-state index contributed by atoms with van der Waals surface area (Å²) in [7, 11) is 0. The number of pyridine rings is 1. The number of carboxylic acid groups (broad SMARTS) is 1. The number of aromatic nitrogens is 1. The Bertz CT molecular complexity index is 1610. The summed E-state index contributed by atoms with van der Waals surface area (Å²) < 4.78 is 55.1. The first-order valence-corrected chi connectivity index (χ1v) is 12.5. The second-order valence-corrected chi connectivity index (χ2v) is 10.8. The Labute approximate surface area is 224 Å². The lowest BCUT2D eigenvalue weighted by Gasteiger charge is -2.20. The van der Waals surface area contributed by atoms with Gasteiger partial charge in [0.25, 0.3) is 0 Å². The number of benzene rings is 3. The molecule has 1 aromatic heterocycles. The molecule has 1 aliphatic rings. The van der Waals surface area contributed by atoms with Crippen LogP contribution in [-0.4, -0.2) is 22.4 Å². The van der Waals surface area contributed by atoms with E-state index >= 15 is 0 Å². The summed E-state index contributed by atoms with van der Waals surface area (Å²) in [5.41, 5.74) is 1.24. The van der Waals surface area contributed by atoms with Crippen LogP contribution in [0.15, 0.2) is 59.6 Å². The predicted molar refractivity (Wildman–Crippen MR) is 140 cm³/mol. The Morgan fingerprint density at radius 1 is 1.13 bits per heavy atom. The Kier molecular flexibility index (Phi) is 6.35. The second kappa shape index (κ2) is 9.28. The first-order valence-electron chi connectivity index (χ1n) is 11.3. The zero-order chi connectivity index (χ0) is 27.4. The van der Waals surface area contributed by atoms with Crippen LogP contribution in [-0.2, 0) is 5.41 Å². The standard InChI is InChI=1S/C27H20ClF3N2O4S/c1-26(2,3)17-9-6-13(11-18(17)29)38-33-19-12-20-24(37-27(30,31)36-20)22(28)21(19)14-7-8-16(25(34)35)23-15(14)5-4-10-32-23/h4-12,33H,1-3H3,(H,34,35). The largest absolute Gasteiger partial charge is 0.586 e. The molecule has 196 valence electrons. The van der Waals surface area contributed by atoms with Crippen molar-refractivity contribution in [3.8, 4) is 22.6 Å². The van der Waals surface area contributed by atoms with Crippen LogP contribution < -0.4 is 14.2 Å². The average molecular weight is 561 g/mol. The maximum atomic E-state index is 14.8. The number of fused-ring (bicyclic) bond motifs is 2. The molecule has 2 heterocycles. The van der Waals surface area contributed by atoms with Gasteiger partial charge in [-0.1, -0.05) is 50.6 Å². The van der Waals surface area contributed by atoms with Crippen LogP contribution >= 0.6 is 23.5 Å². The molecule has 38 heavy (non-hydrogen) atoms. The molecular formula is C27H20ClF3N2O4S. The van der Waals surface area contributed by atoms with Crippen molar-refractivity contribution >= 4 is 46.1 Å². The van der Waals surface area contributed by atoms with Crippen molar-refractivity contribution < 1.29 is 32.5 Å². The number of anilines is 1. The normalized spacial score (nSPS) is 14.1. The van der Waals surface area contributed by atoms with E-state index in [-0.39, 0.29) is 50.1 Å². The minimum absolute atomic E-state index is 0.0361. The maximum Gasteiger partial charge on any atom is 0.586 e. The van der Waals surface area contributed by atoms with Crippen molar-refractivity contribution in [2.24, 2.45) is 0 Å². The maximum absolute atomic E-state index is 14.8. The molecule has 0 saturated heterocycles. The summed E-state index contributed by atoms with van der Waals surface area (Å²) in [5, 5.41) is 9.86. The molecule has 0 radical (unpaired) electrons. The molecule has 0 aliphatic carbocycles. The number of hydrogen-bond acceptors (Lipinski definition) is 6. The van der Waals surface area contributed by atoms with Gasteiger partial charge < -0.3 is 19.3 Å². The molecule has 1 aliphatic heterocycles. The van der Waals surface area contributed by atoms with Crippen molar-refractivity contribution in [2.45, 2.75) is 37.4 Å².